The molecule has 0 aromatic rings. The van der Waals surface area contributed by atoms with Gasteiger partial charge in [0.1, 0.15) is 0 Å². The van der Waals surface area contributed by atoms with Gasteiger partial charge in [-0.1, -0.05) is 13.8 Å². The largest absolute Gasteiger partial charge is 0.392 e. The van der Waals surface area contributed by atoms with Crippen LogP contribution in [0.5, 0.6) is 0 Å². The van der Waals surface area contributed by atoms with Crippen molar-refractivity contribution in [3.63, 3.8) is 0 Å². The maximum Gasteiger partial charge on any atom is 0.0635 e. The third-order valence-corrected chi connectivity index (χ3v) is 1.91. The summed E-state index contributed by atoms with van der Waals surface area (Å²) >= 11 is 0. The minimum atomic E-state index is -0.175. The van der Waals surface area contributed by atoms with Gasteiger partial charge in [-0.15, -0.1) is 0 Å². The fraction of sp³-hybridized carbons (Fsp3) is 1.00. The number of aliphatic hydroxyl groups is 1. The summed E-state index contributed by atoms with van der Waals surface area (Å²) in [7, 11) is 0. The average Bonchev–Trinajstić information content (AvgIpc) is 1.77. The molecule has 0 aromatic heterocycles. The van der Waals surface area contributed by atoms with E-state index in [0.717, 1.165) is 6.42 Å². The van der Waals surface area contributed by atoms with Crippen molar-refractivity contribution >= 4 is 0 Å². The summed E-state index contributed by atoms with van der Waals surface area (Å²) in [5, 5.41) is 9.36. The van der Waals surface area contributed by atoms with Gasteiger partial charge in [0, 0.05) is 12.0 Å². The molecule has 1 aliphatic heterocycles. The van der Waals surface area contributed by atoms with E-state index in [4.69, 9.17) is 4.74 Å². The first-order chi connectivity index (χ1) is 4.13. The lowest BCUT2D eigenvalue weighted by atomic mass is 9.84. The van der Waals surface area contributed by atoms with Gasteiger partial charge < -0.3 is 9.84 Å². The van der Waals surface area contributed by atoms with Crippen LogP contribution in [-0.4, -0.2) is 24.4 Å². The predicted molar refractivity (Wildman–Crippen MR) is 35.2 cm³/mol. The van der Waals surface area contributed by atoms with Gasteiger partial charge in [0.05, 0.1) is 12.7 Å². The lowest BCUT2D eigenvalue weighted by Crippen LogP contribution is -2.39. The van der Waals surface area contributed by atoms with Gasteiger partial charge in [0.25, 0.3) is 0 Å². The molecule has 0 saturated carbocycles. The zero-order valence-electron chi connectivity index (χ0n) is 6.05. The molecule has 1 heterocycles. The molecule has 54 valence electrons. The first kappa shape index (κ1) is 7.03. The predicted octanol–water partition coefficient (Wildman–Crippen LogP) is 0.794. The van der Waals surface area contributed by atoms with Crippen molar-refractivity contribution in [1.82, 2.24) is 0 Å². The van der Waals surface area contributed by atoms with Gasteiger partial charge in [0.2, 0.25) is 0 Å². The second-order valence-electron chi connectivity index (χ2n) is 3.35. The van der Waals surface area contributed by atoms with E-state index in [-0.39, 0.29) is 11.5 Å². The Hall–Kier alpha value is -0.0800. The van der Waals surface area contributed by atoms with Crippen molar-refractivity contribution in [2.45, 2.75) is 26.4 Å². The molecule has 0 spiro atoms. The van der Waals surface area contributed by atoms with Crippen molar-refractivity contribution in [2.75, 3.05) is 13.2 Å². The Kier molecular flexibility index (Phi) is 1.78. The fourth-order valence-corrected chi connectivity index (χ4v) is 1.02. The molecule has 0 radical (unpaired) electrons. The topological polar surface area (TPSA) is 29.5 Å². The van der Waals surface area contributed by atoms with Crippen molar-refractivity contribution in [3.8, 4) is 0 Å². The van der Waals surface area contributed by atoms with Crippen molar-refractivity contribution < 1.29 is 9.84 Å². The molecular weight excluding hydrogens is 116 g/mol. The molecule has 0 aliphatic carbocycles. The maximum absolute atomic E-state index is 9.36. The summed E-state index contributed by atoms with van der Waals surface area (Å²) in [6, 6.07) is 0. The van der Waals surface area contributed by atoms with Crippen LogP contribution in [0, 0.1) is 5.41 Å². The van der Waals surface area contributed by atoms with Gasteiger partial charge in [0.15, 0.2) is 0 Å². The quantitative estimate of drug-likeness (QED) is 0.525. The van der Waals surface area contributed by atoms with Crippen LogP contribution in [0.2, 0.25) is 0 Å². The smallest absolute Gasteiger partial charge is 0.0635 e. The maximum atomic E-state index is 9.36. The van der Waals surface area contributed by atoms with Gasteiger partial charge in [-0.05, 0) is 6.42 Å². The monoisotopic (exact) mass is 130 g/mol. The first-order valence-electron chi connectivity index (χ1n) is 3.39. The molecule has 1 rings (SSSR count). The van der Waals surface area contributed by atoms with Gasteiger partial charge in [-0.25, -0.2) is 0 Å². The number of hydrogen-bond donors (Lipinski definition) is 1. The van der Waals surface area contributed by atoms with E-state index in [1.165, 1.54) is 0 Å². The van der Waals surface area contributed by atoms with Crippen LogP contribution >= 0.6 is 0 Å². The highest BCUT2D eigenvalue weighted by Gasteiger charge is 2.30. The highest BCUT2D eigenvalue weighted by molar-refractivity contribution is 4.80. The molecule has 1 N–H and O–H groups in total. The van der Waals surface area contributed by atoms with Crippen molar-refractivity contribution in [2.24, 2.45) is 5.41 Å². The minimum Gasteiger partial charge on any atom is -0.392 e. The molecule has 0 bridgehead atoms. The van der Waals surface area contributed by atoms with Gasteiger partial charge >= 0.3 is 0 Å². The second kappa shape index (κ2) is 2.27. The van der Waals surface area contributed by atoms with Crippen LogP contribution in [0.1, 0.15) is 20.3 Å². The van der Waals surface area contributed by atoms with Gasteiger partial charge in [-0.3, -0.25) is 0 Å². The van der Waals surface area contributed by atoms with Crippen LogP contribution in [0.4, 0.5) is 0 Å². The van der Waals surface area contributed by atoms with Crippen LogP contribution < -0.4 is 0 Å². The number of ether oxygens (including phenoxy) is 1. The number of aliphatic hydroxyl groups excluding tert-OH is 1. The van der Waals surface area contributed by atoms with Crippen molar-refractivity contribution in [3.05, 3.63) is 0 Å². The van der Waals surface area contributed by atoms with Crippen molar-refractivity contribution in [1.29, 1.82) is 0 Å². The van der Waals surface area contributed by atoms with E-state index in [1.807, 2.05) is 13.8 Å². The Bertz CT molecular complexity index is 99.1. The lowest BCUT2D eigenvalue weighted by Gasteiger charge is -2.34. The SMILES string of the molecule is CC1(C)COCC[C@@H]1O. The van der Waals surface area contributed by atoms with Gasteiger partial charge in [-0.2, -0.15) is 0 Å². The Balaban J connectivity index is 2.49. The minimum absolute atomic E-state index is 0.0295. The first-order valence-corrected chi connectivity index (χ1v) is 3.39. The zero-order valence-corrected chi connectivity index (χ0v) is 6.05. The summed E-state index contributed by atoms with van der Waals surface area (Å²) in [6.07, 6.45) is 0.610. The molecule has 1 aliphatic rings. The van der Waals surface area contributed by atoms with E-state index in [9.17, 15) is 5.11 Å². The number of hydrogen-bond acceptors (Lipinski definition) is 2. The van der Waals surface area contributed by atoms with Crippen LogP contribution in [-0.2, 0) is 4.74 Å². The lowest BCUT2D eigenvalue weighted by molar-refractivity contribution is -0.0803. The van der Waals surface area contributed by atoms with Crippen LogP contribution in [0.15, 0.2) is 0 Å². The molecule has 0 unspecified atom stereocenters. The molecular formula is C7H14O2. The summed E-state index contributed by atoms with van der Waals surface area (Å²) in [6.45, 7) is 5.45. The average molecular weight is 130 g/mol. The van der Waals surface area contributed by atoms with Crippen LogP contribution in [0.3, 0.4) is 0 Å². The Labute approximate surface area is 55.8 Å². The summed E-state index contributed by atoms with van der Waals surface area (Å²) in [5.41, 5.74) is -0.0295. The summed E-state index contributed by atoms with van der Waals surface area (Å²) < 4.78 is 5.20. The fourth-order valence-electron chi connectivity index (χ4n) is 1.02. The molecule has 1 fully saturated rings. The standard InChI is InChI=1S/C7H14O2/c1-7(2)5-9-4-3-6(7)8/h6,8H,3-5H2,1-2H3/t6-/m0/s1. The highest BCUT2D eigenvalue weighted by atomic mass is 16.5. The van der Waals surface area contributed by atoms with E-state index in [0.29, 0.717) is 13.2 Å². The Morgan fingerprint density at radius 3 is 2.56 bits per heavy atom. The molecule has 1 saturated heterocycles. The molecule has 2 nitrogen and oxygen atoms in total. The summed E-state index contributed by atoms with van der Waals surface area (Å²) in [4.78, 5) is 0. The molecule has 2 heteroatoms. The van der Waals surface area contributed by atoms with E-state index in [2.05, 4.69) is 0 Å². The molecule has 0 amide bonds. The molecule has 1 atom stereocenters. The van der Waals surface area contributed by atoms with E-state index >= 15 is 0 Å². The molecule has 9 heavy (non-hydrogen) atoms. The van der Waals surface area contributed by atoms with E-state index in [1.54, 1.807) is 0 Å². The number of rotatable bonds is 0. The van der Waals surface area contributed by atoms with E-state index < -0.39 is 0 Å². The van der Waals surface area contributed by atoms with Crippen LogP contribution in [0.25, 0.3) is 0 Å². The highest BCUT2D eigenvalue weighted by Crippen LogP contribution is 2.26. The third kappa shape index (κ3) is 1.43. The normalized spacial score (nSPS) is 34.3. The Morgan fingerprint density at radius 1 is 1.56 bits per heavy atom. The second-order valence-corrected chi connectivity index (χ2v) is 3.35. The zero-order chi connectivity index (χ0) is 6.91. The summed E-state index contributed by atoms with van der Waals surface area (Å²) in [5.74, 6) is 0. The Morgan fingerprint density at radius 2 is 2.22 bits per heavy atom. The molecule has 0 aromatic carbocycles. The third-order valence-electron chi connectivity index (χ3n) is 1.91.